The first-order chi connectivity index (χ1) is 18.7. The number of hydrogen-bond acceptors (Lipinski definition) is 5. The summed E-state index contributed by atoms with van der Waals surface area (Å²) in [6.45, 7) is 5.33. The first-order valence-electron chi connectivity index (χ1n) is 13.0. The van der Waals surface area contributed by atoms with Gasteiger partial charge in [0.25, 0.3) is 10.0 Å². The van der Waals surface area contributed by atoms with Crippen LogP contribution in [0.25, 0.3) is 0 Å². The molecule has 0 saturated carbocycles. The first-order valence-corrected chi connectivity index (χ1v) is 14.5. The number of sulfonamides is 1. The quantitative estimate of drug-likeness (QED) is 0.342. The molecule has 0 heterocycles. The van der Waals surface area contributed by atoms with Crippen molar-refractivity contribution >= 4 is 27.5 Å². The zero-order valence-corrected chi connectivity index (χ0v) is 23.7. The number of nitrogens with one attached hydrogen (secondary N) is 1. The van der Waals surface area contributed by atoms with E-state index in [9.17, 15) is 18.0 Å². The van der Waals surface area contributed by atoms with E-state index in [4.69, 9.17) is 4.74 Å². The van der Waals surface area contributed by atoms with Crippen molar-refractivity contribution in [3.05, 3.63) is 90.5 Å². The molecule has 208 valence electrons. The van der Waals surface area contributed by atoms with Crippen LogP contribution in [0.5, 0.6) is 5.75 Å². The van der Waals surface area contributed by atoms with Gasteiger partial charge in [-0.1, -0.05) is 61.5 Å². The third-order valence-electron chi connectivity index (χ3n) is 6.25. The molecule has 0 aromatic heterocycles. The second-order valence-corrected chi connectivity index (χ2v) is 11.3. The maximum Gasteiger partial charge on any atom is 0.264 e. The highest BCUT2D eigenvalue weighted by Gasteiger charge is 2.33. The summed E-state index contributed by atoms with van der Waals surface area (Å²) in [4.78, 5) is 28.7. The van der Waals surface area contributed by atoms with Gasteiger partial charge in [-0.2, -0.15) is 0 Å². The minimum Gasteiger partial charge on any atom is -0.497 e. The predicted molar refractivity (Wildman–Crippen MR) is 153 cm³/mol. The molecule has 1 N–H and O–H groups in total. The molecule has 0 fully saturated rings. The second-order valence-electron chi connectivity index (χ2n) is 9.44. The van der Waals surface area contributed by atoms with Crippen LogP contribution < -0.4 is 14.4 Å². The van der Waals surface area contributed by atoms with Gasteiger partial charge in [-0.3, -0.25) is 13.9 Å². The molecule has 3 aromatic carbocycles. The second kappa shape index (κ2) is 13.8. The number of amides is 2. The van der Waals surface area contributed by atoms with E-state index in [0.717, 1.165) is 9.87 Å². The van der Waals surface area contributed by atoms with Gasteiger partial charge in [0.15, 0.2) is 0 Å². The number of nitrogens with zero attached hydrogens (tertiary/aromatic N) is 2. The van der Waals surface area contributed by atoms with Crippen molar-refractivity contribution in [2.45, 2.75) is 50.6 Å². The Balaban J connectivity index is 2.01. The zero-order chi connectivity index (χ0) is 28.4. The number of anilines is 1. The van der Waals surface area contributed by atoms with E-state index in [1.54, 1.807) is 42.5 Å². The van der Waals surface area contributed by atoms with Crippen LogP contribution in [-0.2, 0) is 26.0 Å². The van der Waals surface area contributed by atoms with Crippen molar-refractivity contribution in [2.75, 3.05) is 24.5 Å². The largest absolute Gasteiger partial charge is 0.497 e. The molecule has 0 aliphatic heterocycles. The average Bonchev–Trinajstić information content (AvgIpc) is 2.94. The van der Waals surface area contributed by atoms with E-state index in [-0.39, 0.29) is 29.1 Å². The number of hydrogen-bond donors (Lipinski definition) is 1. The Morgan fingerprint density at radius 1 is 0.923 bits per heavy atom. The predicted octanol–water partition coefficient (Wildman–Crippen LogP) is 4.27. The highest BCUT2D eigenvalue weighted by atomic mass is 32.2. The van der Waals surface area contributed by atoms with Crippen LogP contribution in [-0.4, -0.2) is 57.4 Å². The molecule has 0 spiro atoms. The van der Waals surface area contributed by atoms with E-state index in [0.29, 0.717) is 18.6 Å². The summed E-state index contributed by atoms with van der Waals surface area (Å²) in [5, 5.41) is 2.90. The Labute approximate surface area is 231 Å². The van der Waals surface area contributed by atoms with E-state index in [1.165, 1.54) is 24.1 Å². The first kappa shape index (κ1) is 29.7. The van der Waals surface area contributed by atoms with Crippen LogP contribution >= 0.6 is 0 Å². The minimum atomic E-state index is -4.12. The fourth-order valence-corrected chi connectivity index (χ4v) is 5.72. The lowest BCUT2D eigenvalue weighted by Gasteiger charge is -2.33. The molecule has 0 radical (unpaired) electrons. The smallest absolute Gasteiger partial charge is 0.264 e. The van der Waals surface area contributed by atoms with E-state index in [1.807, 2.05) is 51.1 Å². The summed E-state index contributed by atoms with van der Waals surface area (Å²) >= 11 is 0. The van der Waals surface area contributed by atoms with E-state index in [2.05, 4.69) is 5.32 Å². The standard InChI is InChI=1S/C30H37N3O5S/c1-5-28(30(35)31-23(2)3)32(20-19-24-13-8-6-9-14-24)29(34)22-33(25-15-12-16-26(21-25)38-4)39(36,37)27-17-10-7-11-18-27/h6-18,21,23,28H,5,19-20,22H2,1-4H3,(H,31,35). The zero-order valence-electron chi connectivity index (χ0n) is 22.9. The van der Waals surface area contributed by atoms with Gasteiger partial charge < -0.3 is 15.0 Å². The van der Waals surface area contributed by atoms with Gasteiger partial charge in [-0.15, -0.1) is 0 Å². The highest BCUT2D eigenvalue weighted by Crippen LogP contribution is 2.27. The molecule has 2 amide bonds. The van der Waals surface area contributed by atoms with Gasteiger partial charge in [0.2, 0.25) is 11.8 Å². The van der Waals surface area contributed by atoms with Crippen LogP contribution in [0.4, 0.5) is 5.69 Å². The molecular formula is C30H37N3O5S. The monoisotopic (exact) mass is 551 g/mol. The summed E-state index contributed by atoms with van der Waals surface area (Å²) in [6, 6.07) is 23.3. The van der Waals surface area contributed by atoms with Gasteiger partial charge in [0.05, 0.1) is 17.7 Å². The number of carbonyl (C=O) groups is 2. The fraction of sp³-hybridized carbons (Fsp3) is 0.333. The molecule has 8 nitrogen and oxygen atoms in total. The van der Waals surface area contributed by atoms with Crippen LogP contribution in [0, 0.1) is 0 Å². The van der Waals surface area contributed by atoms with Crippen LogP contribution in [0.15, 0.2) is 89.8 Å². The summed E-state index contributed by atoms with van der Waals surface area (Å²) in [7, 11) is -2.63. The summed E-state index contributed by atoms with van der Waals surface area (Å²) in [5.74, 6) is -0.288. The molecule has 3 rings (SSSR count). The molecule has 0 aliphatic carbocycles. The van der Waals surface area contributed by atoms with Crippen LogP contribution in [0.3, 0.4) is 0 Å². The topological polar surface area (TPSA) is 96.0 Å². The maximum atomic E-state index is 14.0. The third-order valence-corrected chi connectivity index (χ3v) is 8.04. The molecule has 3 aromatic rings. The number of carbonyl (C=O) groups excluding carboxylic acids is 2. The summed E-state index contributed by atoms with van der Waals surface area (Å²) < 4.78 is 34.0. The van der Waals surface area contributed by atoms with Crippen molar-refractivity contribution in [1.82, 2.24) is 10.2 Å². The van der Waals surface area contributed by atoms with Gasteiger partial charge in [0, 0.05) is 18.7 Å². The molecular weight excluding hydrogens is 514 g/mol. The Bertz CT molecular complexity index is 1330. The van der Waals surface area contributed by atoms with Crippen molar-refractivity contribution in [3.8, 4) is 5.75 Å². The molecule has 1 atom stereocenters. The minimum absolute atomic E-state index is 0.0565. The van der Waals surface area contributed by atoms with E-state index >= 15 is 0 Å². The van der Waals surface area contributed by atoms with Gasteiger partial charge >= 0.3 is 0 Å². The lowest BCUT2D eigenvalue weighted by Crippen LogP contribution is -2.54. The summed E-state index contributed by atoms with van der Waals surface area (Å²) in [5.41, 5.74) is 1.30. The fourth-order valence-electron chi connectivity index (χ4n) is 4.29. The van der Waals surface area contributed by atoms with Crippen molar-refractivity contribution in [2.24, 2.45) is 0 Å². The van der Waals surface area contributed by atoms with Crippen molar-refractivity contribution in [1.29, 1.82) is 0 Å². The normalized spacial score (nSPS) is 12.0. The molecule has 0 aliphatic rings. The Hall–Kier alpha value is -3.85. The lowest BCUT2D eigenvalue weighted by atomic mass is 10.1. The van der Waals surface area contributed by atoms with Crippen molar-refractivity contribution < 1.29 is 22.7 Å². The van der Waals surface area contributed by atoms with Crippen LogP contribution in [0.2, 0.25) is 0 Å². The lowest BCUT2D eigenvalue weighted by molar-refractivity contribution is -0.139. The molecule has 0 saturated heterocycles. The SMILES string of the molecule is CCC(C(=O)NC(C)C)N(CCc1ccccc1)C(=O)CN(c1cccc(OC)c1)S(=O)(=O)c1ccccc1. The Morgan fingerprint density at radius 2 is 1.56 bits per heavy atom. The summed E-state index contributed by atoms with van der Waals surface area (Å²) in [6.07, 6.45) is 0.895. The highest BCUT2D eigenvalue weighted by molar-refractivity contribution is 7.92. The van der Waals surface area contributed by atoms with Crippen LogP contribution in [0.1, 0.15) is 32.8 Å². The van der Waals surface area contributed by atoms with Gasteiger partial charge in [0.1, 0.15) is 18.3 Å². The number of ether oxygens (including phenoxy) is 1. The van der Waals surface area contributed by atoms with Gasteiger partial charge in [-0.25, -0.2) is 8.42 Å². The Kier molecular flexibility index (Phi) is 10.5. The van der Waals surface area contributed by atoms with Gasteiger partial charge in [-0.05, 0) is 56.5 Å². The molecule has 39 heavy (non-hydrogen) atoms. The third kappa shape index (κ3) is 7.83. The van der Waals surface area contributed by atoms with E-state index < -0.39 is 28.5 Å². The molecule has 9 heteroatoms. The number of methoxy groups -OCH3 is 1. The average molecular weight is 552 g/mol. The molecule has 0 bridgehead atoms. The Morgan fingerprint density at radius 3 is 2.15 bits per heavy atom. The number of rotatable bonds is 13. The number of benzene rings is 3. The maximum absolute atomic E-state index is 14.0. The molecule has 1 unspecified atom stereocenters. The van der Waals surface area contributed by atoms with Crippen molar-refractivity contribution in [3.63, 3.8) is 0 Å².